The van der Waals surface area contributed by atoms with Gasteiger partial charge >= 0.3 is 24.8 Å². The van der Waals surface area contributed by atoms with Gasteiger partial charge in [-0.15, -0.1) is 0 Å². The molecule has 0 aliphatic heterocycles. The average Bonchev–Trinajstić information content (AvgIpc) is 2.77. The van der Waals surface area contributed by atoms with Crippen LogP contribution in [0.2, 0.25) is 0 Å². The van der Waals surface area contributed by atoms with Gasteiger partial charge in [-0.05, 0) is 50.1 Å². The number of phenolic OH excluding ortho intramolecular Hbond substituents is 2. The second kappa shape index (κ2) is 11.3. The Balaban J connectivity index is 0.000000210. The average molecular weight is 593 g/mol. The number of likely N-dealkylation sites (N-methyl/N-ethyl adjacent to an activating group) is 1. The number of Topliss-reactive ketones (excluding diaryl/α,β-unsaturated/α-hetero) is 3. The number of hydrogen-bond donors (Lipinski definition) is 4. The van der Waals surface area contributed by atoms with Gasteiger partial charge in [0.05, 0.1) is 20.1 Å². The molecule has 0 saturated heterocycles. The summed E-state index contributed by atoms with van der Waals surface area (Å²) in [6.45, 7) is 0. The molecule has 0 fully saturated rings. The van der Waals surface area contributed by atoms with Crippen molar-refractivity contribution in [1.82, 2.24) is 5.32 Å². The van der Waals surface area contributed by atoms with Crippen LogP contribution in [-0.2, 0) is 0 Å². The number of fused-ring (bicyclic) bond motifs is 2. The summed E-state index contributed by atoms with van der Waals surface area (Å²) in [6.07, 6.45) is 1.21. The molecule has 1 radical (unpaired) electrons. The number of rotatable bonds is 1. The van der Waals surface area contributed by atoms with Crippen LogP contribution < -0.4 is 5.32 Å². The zero-order valence-electron chi connectivity index (χ0n) is 16.8. The Bertz CT molecular complexity index is 1260. The fourth-order valence-corrected chi connectivity index (χ4v) is 3.99. The standard InChI is InChI=1S/C11H8BrNO3.C10H5BrO3.BHNS/c1-13-9-8(12)11(16)7-5(10(9)15)3-2-4-6(7)14;11-6-4-8(13)5-2-1-3-7(12)9(5)10(6)14;1-2-3/h2-4,13-14H,1H3;1-4,12H;3H. The molecule has 2 aromatic carbocycles. The number of allylic oxidation sites excluding steroid dienone is 4. The number of nitrogens with zero attached hydrogens (tertiary/aromatic N) is 1. The van der Waals surface area contributed by atoms with E-state index < -0.39 is 5.78 Å². The van der Waals surface area contributed by atoms with Crippen molar-refractivity contribution >= 4 is 75.4 Å². The van der Waals surface area contributed by atoms with Gasteiger partial charge in [0, 0.05) is 24.3 Å². The molecule has 2 aliphatic carbocycles. The third-order valence-electron chi connectivity index (χ3n) is 4.42. The molecule has 12 heteroatoms. The van der Waals surface area contributed by atoms with Crippen LogP contribution in [-0.4, -0.2) is 48.0 Å². The summed E-state index contributed by atoms with van der Waals surface area (Å²) < 4.78 is 3.02. The molecular weight excluding hydrogens is 579 g/mol. The molecule has 8 nitrogen and oxygen atoms in total. The number of ketones is 4. The van der Waals surface area contributed by atoms with Crippen molar-refractivity contribution in [2.24, 2.45) is 4.30 Å². The van der Waals surface area contributed by atoms with Crippen LogP contribution in [0.15, 0.2) is 61.4 Å². The normalized spacial score (nSPS) is 14.1. The van der Waals surface area contributed by atoms with Crippen LogP contribution in [0.4, 0.5) is 0 Å². The molecule has 0 bridgehead atoms. The second-order valence-corrected chi connectivity index (χ2v) is 8.18. The van der Waals surface area contributed by atoms with E-state index in [-0.39, 0.29) is 65.8 Å². The number of phenols is 2. The van der Waals surface area contributed by atoms with Gasteiger partial charge in [0.15, 0.2) is 5.78 Å². The molecule has 0 amide bonds. The molecule has 2 aromatic rings. The third kappa shape index (κ3) is 5.40. The maximum absolute atomic E-state index is 11.9. The molecule has 4 rings (SSSR count). The van der Waals surface area contributed by atoms with Crippen LogP contribution in [0.25, 0.3) is 0 Å². The van der Waals surface area contributed by atoms with E-state index in [4.69, 9.17) is 0 Å². The number of carbonyl (C=O) groups is 4. The summed E-state index contributed by atoms with van der Waals surface area (Å²) in [5.74, 6) is -1.68. The van der Waals surface area contributed by atoms with E-state index in [1.165, 1.54) is 42.5 Å². The third-order valence-corrected chi connectivity index (χ3v) is 5.77. The van der Waals surface area contributed by atoms with Gasteiger partial charge < -0.3 is 15.5 Å². The Morgan fingerprint density at radius 3 is 1.88 bits per heavy atom. The zero-order chi connectivity index (χ0) is 24.9. The van der Waals surface area contributed by atoms with Crippen LogP contribution in [0.3, 0.4) is 0 Å². The molecule has 33 heavy (non-hydrogen) atoms. The van der Waals surface area contributed by atoms with Gasteiger partial charge in [-0.1, -0.05) is 18.2 Å². The first-order valence-electron chi connectivity index (χ1n) is 8.92. The van der Waals surface area contributed by atoms with Crippen molar-refractivity contribution in [1.29, 1.82) is 0 Å². The van der Waals surface area contributed by atoms with E-state index in [9.17, 15) is 29.4 Å². The number of carbonyl (C=O) groups excluding carboxylic acids is 4. The van der Waals surface area contributed by atoms with E-state index in [0.717, 1.165) is 0 Å². The zero-order valence-corrected chi connectivity index (χ0v) is 20.9. The van der Waals surface area contributed by atoms with E-state index in [1.54, 1.807) is 7.05 Å². The molecule has 0 aromatic heterocycles. The predicted octanol–water partition coefficient (Wildman–Crippen LogP) is 3.83. The van der Waals surface area contributed by atoms with Gasteiger partial charge in [0.1, 0.15) is 17.2 Å². The molecule has 0 heterocycles. The minimum atomic E-state index is -0.392. The van der Waals surface area contributed by atoms with E-state index in [2.05, 4.69) is 61.9 Å². The molecule has 2 aliphatic rings. The monoisotopic (exact) mass is 591 g/mol. The van der Waals surface area contributed by atoms with Gasteiger partial charge in [-0.25, -0.2) is 0 Å². The molecule has 3 N–H and O–H groups in total. The van der Waals surface area contributed by atoms with Crippen molar-refractivity contribution in [3.8, 4) is 11.5 Å². The quantitative estimate of drug-likeness (QED) is 0.292. The summed E-state index contributed by atoms with van der Waals surface area (Å²) >= 11 is 9.23. The number of hydrogen-bond acceptors (Lipinski definition) is 9. The van der Waals surface area contributed by atoms with Crippen molar-refractivity contribution in [3.63, 3.8) is 0 Å². The minimum absolute atomic E-state index is 0.0541. The first-order valence-corrected chi connectivity index (χ1v) is 10.9. The predicted molar refractivity (Wildman–Crippen MR) is 133 cm³/mol. The van der Waals surface area contributed by atoms with Crippen LogP contribution in [0.5, 0.6) is 11.5 Å². The Labute approximate surface area is 211 Å². The fourth-order valence-electron chi connectivity index (χ4n) is 3.01. The van der Waals surface area contributed by atoms with E-state index in [0.29, 0.717) is 0 Å². The molecular formula is C21H14BBr2N2O6S. The Hall–Kier alpha value is -2.83. The number of halogens is 2. The number of aromatic hydroxyl groups is 2. The van der Waals surface area contributed by atoms with Gasteiger partial charge in [-0.3, -0.25) is 19.2 Å². The SMILES string of the molecule is CNC1=C(Br)C(=O)c2c(O)cccc2C1=O.O=C1C=C(Br)C(=O)c2c(O)cccc21.[B]=NS. The van der Waals surface area contributed by atoms with Crippen LogP contribution in [0.1, 0.15) is 41.4 Å². The van der Waals surface area contributed by atoms with E-state index >= 15 is 0 Å². The Morgan fingerprint density at radius 1 is 0.879 bits per heavy atom. The van der Waals surface area contributed by atoms with Gasteiger partial charge in [0.25, 0.3) is 0 Å². The molecule has 0 saturated carbocycles. The van der Waals surface area contributed by atoms with Gasteiger partial charge in [-0.2, -0.15) is 0 Å². The summed E-state index contributed by atoms with van der Waals surface area (Å²) in [5.41, 5.74) is 0.809. The van der Waals surface area contributed by atoms with Crippen molar-refractivity contribution in [3.05, 3.63) is 79.4 Å². The summed E-state index contributed by atoms with van der Waals surface area (Å²) in [6, 6.07) is 8.87. The second-order valence-electron chi connectivity index (χ2n) is 6.30. The van der Waals surface area contributed by atoms with Crippen LogP contribution >= 0.6 is 44.7 Å². The first-order chi connectivity index (χ1) is 15.6. The molecule has 0 atom stereocenters. The van der Waals surface area contributed by atoms with Crippen LogP contribution in [0, 0.1) is 0 Å². The number of benzene rings is 2. The first kappa shape index (κ1) is 26.4. The molecule has 0 unspecified atom stereocenters. The fraction of sp³-hybridized carbons (Fsp3) is 0.0476. The summed E-state index contributed by atoms with van der Waals surface area (Å²) in [5, 5.41) is 21.7. The van der Waals surface area contributed by atoms with E-state index in [1.807, 2.05) is 0 Å². The van der Waals surface area contributed by atoms with Crippen molar-refractivity contribution < 1.29 is 29.4 Å². The number of thiol groups is 1. The molecule has 0 spiro atoms. The Morgan fingerprint density at radius 2 is 1.36 bits per heavy atom. The topological polar surface area (TPSA) is 133 Å². The maximum atomic E-state index is 11.9. The van der Waals surface area contributed by atoms with Crippen molar-refractivity contribution in [2.45, 2.75) is 0 Å². The molecule has 167 valence electrons. The number of nitrogens with one attached hydrogen (secondary N) is 1. The van der Waals surface area contributed by atoms with Gasteiger partial charge in [0.2, 0.25) is 17.3 Å². The summed E-state index contributed by atoms with van der Waals surface area (Å²) in [4.78, 5) is 46.8. The summed E-state index contributed by atoms with van der Waals surface area (Å²) in [7, 11) is 5.90. The van der Waals surface area contributed by atoms with Crippen molar-refractivity contribution in [2.75, 3.05) is 7.05 Å². The Kier molecular flexibility index (Phi) is 9.09.